The van der Waals surface area contributed by atoms with Crippen LogP contribution in [0.4, 0.5) is 4.79 Å². The molecule has 1 spiro atoms. The summed E-state index contributed by atoms with van der Waals surface area (Å²) in [5, 5.41) is 3.78. The molecule has 1 aromatic carbocycles. The van der Waals surface area contributed by atoms with Crippen molar-refractivity contribution in [1.82, 2.24) is 15.1 Å². The molecule has 1 aromatic rings. The van der Waals surface area contributed by atoms with Crippen LogP contribution in [-0.4, -0.2) is 65.1 Å². The first kappa shape index (κ1) is 21.0. The summed E-state index contributed by atoms with van der Waals surface area (Å²) in [6.07, 6.45) is 9.02. The van der Waals surface area contributed by atoms with Crippen molar-refractivity contribution in [2.75, 3.05) is 19.8 Å². The average Bonchev–Trinajstić information content (AvgIpc) is 3.38. The first-order chi connectivity index (χ1) is 15.2. The normalized spacial score (nSPS) is 32.6. The molecule has 6 heteroatoms. The molecule has 3 heterocycles. The first-order valence-corrected chi connectivity index (χ1v) is 12.2. The molecule has 0 bridgehead atoms. The fourth-order valence-electron chi connectivity index (χ4n) is 6.14. The van der Waals surface area contributed by atoms with Gasteiger partial charge >= 0.3 is 6.03 Å². The highest BCUT2D eigenvalue weighted by Gasteiger charge is 2.55. The summed E-state index contributed by atoms with van der Waals surface area (Å²) in [4.78, 5) is 22.5. The van der Waals surface area contributed by atoms with Crippen molar-refractivity contribution in [1.29, 1.82) is 0 Å². The maximum atomic E-state index is 13.2. The number of piperidine rings is 1. The van der Waals surface area contributed by atoms with Crippen molar-refractivity contribution < 1.29 is 9.53 Å². The molecule has 5 rings (SSSR count). The topological polar surface area (TPSA) is 57.2 Å². The summed E-state index contributed by atoms with van der Waals surface area (Å²) in [5.74, 6) is 0.947. The van der Waals surface area contributed by atoms with Crippen molar-refractivity contribution in [3.63, 3.8) is 0 Å². The van der Waals surface area contributed by atoms with E-state index >= 15 is 0 Å². The zero-order valence-electron chi connectivity index (χ0n) is 18.8. The second-order valence-corrected chi connectivity index (χ2v) is 9.90. The Hall–Kier alpha value is -1.92. The summed E-state index contributed by atoms with van der Waals surface area (Å²) < 4.78 is 5.69. The van der Waals surface area contributed by atoms with E-state index in [-0.39, 0.29) is 17.6 Å². The highest BCUT2D eigenvalue weighted by molar-refractivity contribution is 6.07. The van der Waals surface area contributed by atoms with E-state index in [1.807, 2.05) is 0 Å². The maximum absolute atomic E-state index is 13.2. The molecule has 2 amide bonds. The Balaban J connectivity index is 1.38. The number of carbonyl (C=O) groups is 1. The lowest BCUT2D eigenvalue weighted by atomic mass is 9.79. The Morgan fingerprint density at radius 1 is 1.16 bits per heavy atom. The number of hydrogen-bond donors (Lipinski definition) is 1. The van der Waals surface area contributed by atoms with Gasteiger partial charge in [-0.05, 0) is 44.6 Å². The Labute approximate surface area is 186 Å². The van der Waals surface area contributed by atoms with Gasteiger partial charge in [0.15, 0.2) is 0 Å². The van der Waals surface area contributed by atoms with Gasteiger partial charge in [-0.1, -0.05) is 49.6 Å². The molecule has 0 radical (unpaired) electrons. The Morgan fingerprint density at radius 3 is 2.68 bits per heavy atom. The monoisotopic (exact) mass is 424 g/mol. The van der Waals surface area contributed by atoms with E-state index in [4.69, 9.17) is 4.74 Å². The number of rotatable bonds is 4. The van der Waals surface area contributed by atoms with E-state index in [1.165, 1.54) is 37.7 Å². The van der Waals surface area contributed by atoms with E-state index < -0.39 is 0 Å². The standard InChI is InChI=1S/C25H36N4O2/c1-19-16-25(13-14-28(19)17-20-8-4-2-5-9-20)23(26-21-10-6-3-7-11-21)27-24(30)29(25)22-12-15-31-18-22/h2,4-5,8-9,19,21-22H,3,6-7,10-18H2,1H3,(H,26,27,30). The molecule has 1 aliphatic carbocycles. The molecular weight excluding hydrogens is 388 g/mol. The van der Waals surface area contributed by atoms with Gasteiger partial charge in [0.05, 0.1) is 12.6 Å². The highest BCUT2D eigenvalue weighted by Crippen LogP contribution is 2.41. The van der Waals surface area contributed by atoms with Crippen LogP contribution in [0.2, 0.25) is 0 Å². The third-order valence-electron chi connectivity index (χ3n) is 7.83. The molecule has 3 fully saturated rings. The van der Waals surface area contributed by atoms with Crippen LogP contribution in [0.5, 0.6) is 0 Å². The lowest BCUT2D eigenvalue weighted by Gasteiger charge is -2.50. The van der Waals surface area contributed by atoms with Gasteiger partial charge in [-0.25, -0.2) is 4.79 Å². The summed E-state index contributed by atoms with van der Waals surface area (Å²) >= 11 is 0. The van der Waals surface area contributed by atoms with Gasteiger partial charge in [0.1, 0.15) is 11.4 Å². The summed E-state index contributed by atoms with van der Waals surface area (Å²) in [6.45, 7) is 5.63. The lowest BCUT2D eigenvalue weighted by molar-refractivity contribution is 0.0374. The molecule has 6 nitrogen and oxygen atoms in total. The number of amidine groups is 1. The zero-order valence-corrected chi connectivity index (χ0v) is 18.8. The van der Waals surface area contributed by atoms with E-state index in [0.717, 1.165) is 44.8 Å². The minimum absolute atomic E-state index is 0.0579. The van der Waals surface area contributed by atoms with Gasteiger partial charge in [-0.3, -0.25) is 4.90 Å². The SMILES string of the molecule is CC1CC2(CCN1Cc1ccccc1)C(NC1CCCCC1)=NC(=O)N2C1CCOC1. The second-order valence-electron chi connectivity index (χ2n) is 9.90. The van der Waals surface area contributed by atoms with Crippen LogP contribution in [0.3, 0.4) is 0 Å². The van der Waals surface area contributed by atoms with Gasteiger partial charge in [-0.15, -0.1) is 0 Å². The molecule has 4 aliphatic rings. The zero-order chi connectivity index (χ0) is 21.3. The largest absolute Gasteiger partial charge is 0.379 e. The minimum atomic E-state index is -0.306. The van der Waals surface area contributed by atoms with Crippen LogP contribution in [0, 0.1) is 0 Å². The van der Waals surface area contributed by atoms with E-state index in [9.17, 15) is 4.79 Å². The van der Waals surface area contributed by atoms with E-state index in [1.54, 1.807) is 0 Å². The number of amides is 2. The fourth-order valence-corrected chi connectivity index (χ4v) is 6.14. The number of nitrogens with one attached hydrogen (secondary N) is 1. The second kappa shape index (κ2) is 8.91. The maximum Gasteiger partial charge on any atom is 0.346 e. The Morgan fingerprint density at radius 2 is 1.97 bits per heavy atom. The number of ether oxygens (including phenoxy) is 1. The fraction of sp³-hybridized carbons (Fsp3) is 0.680. The molecular formula is C25H36N4O2. The predicted molar refractivity (Wildman–Crippen MR) is 122 cm³/mol. The highest BCUT2D eigenvalue weighted by atomic mass is 16.5. The lowest BCUT2D eigenvalue weighted by Crippen LogP contribution is -2.65. The van der Waals surface area contributed by atoms with Crippen LogP contribution < -0.4 is 5.32 Å². The van der Waals surface area contributed by atoms with E-state index in [0.29, 0.717) is 18.7 Å². The summed E-state index contributed by atoms with van der Waals surface area (Å²) in [6, 6.07) is 11.6. The molecule has 168 valence electrons. The molecule has 3 aliphatic heterocycles. The van der Waals surface area contributed by atoms with Crippen LogP contribution in [-0.2, 0) is 11.3 Å². The van der Waals surface area contributed by atoms with Gasteiger partial charge in [-0.2, -0.15) is 4.99 Å². The summed E-state index contributed by atoms with van der Waals surface area (Å²) in [7, 11) is 0. The number of aliphatic imine (C=N–C) groups is 1. The van der Waals surface area contributed by atoms with E-state index in [2.05, 4.69) is 57.4 Å². The average molecular weight is 425 g/mol. The summed E-state index contributed by atoms with van der Waals surface area (Å²) in [5.41, 5.74) is 1.04. The number of likely N-dealkylation sites (tertiary alicyclic amines) is 1. The number of urea groups is 1. The molecule has 1 N–H and O–H groups in total. The van der Waals surface area contributed by atoms with Gasteiger partial charge in [0, 0.05) is 31.8 Å². The van der Waals surface area contributed by atoms with Crippen LogP contribution in [0.25, 0.3) is 0 Å². The van der Waals surface area contributed by atoms with Crippen LogP contribution >= 0.6 is 0 Å². The molecule has 3 unspecified atom stereocenters. The third kappa shape index (κ3) is 4.12. The third-order valence-corrected chi connectivity index (χ3v) is 7.83. The minimum Gasteiger partial charge on any atom is -0.379 e. The quantitative estimate of drug-likeness (QED) is 0.795. The first-order valence-electron chi connectivity index (χ1n) is 12.2. The molecule has 1 saturated carbocycles. The van der Waals surface area contributed by atoms with Gasteiger partial charge in [0.25, 0.3) is 0 Å². The number of benzene rings is 1. The van der Waals surface area contributed by atoms with Crippen molar-refractivity contribution >= 4 is 11.9 Å². The molecule has 2 saturated heterocycles. The Kier molecular flexibility index (Phi) is 6.02. The van der Waals surface area contributed by atoms with Crippen LogP contribution in [0.15, 0.2) is 35.3 Å². The molecule has 0 aromatic heterocycles. The van der Waals surface area contributed by atoms with Crippen molar-refractivity contribution in [3.05, 3.63) is 35.9 Å². The Bertz CT molecular complexity index is 801. The predicted octanol–water partition coefficient (Wildman–Crippen LogP) is 3.96. The van der Waals surface area contributed by atoms with Gasteiger partial charge in [0.2, 0.25) is 0 Å². The number of carbonyl (C=O) groups excluding carboxylic acids is 1. The van der Waals surface area contributed by atoms with Crippen molar-refractivity contribution in [2.24, 2.45) is 4.99 Å². The molecule has 3 atom stereocenters. The van der Waals surface area contributed by atoms with Crippen molar-refractivity contribution in [2.45, 2.75) is 88.5 Å². The number of nitrogens with zero attached hydrogens (tertiary/aromatic N) is 3. The molecule has 31 heavy (non-hydrogen) atoms. The number of hydrogen-bond acceptors (Lipinski definition) is 4. The van der Waals surface area contributed by atoms with Crippen molar-refractivity contribution in [3.8, 4) is 0 Å². The van der Waals surface area contributed by atoms with Crippen LogP contribution in [0.1, 0.15) is 63.9 Å². The smallest absolute Gasteiger partial charge is 0.346 e. The van der Waals surface area contributed by atoms with Gasteiger partial charge < -0.3 is 15.0 Å².